The molecule has 4 nitrogen and oxygen atoms in total. The largest absolute Gasteiger partial charge is 0.454 e. The molecule has 0 spiro atoms. The maximum Gasteiger partial charge on any atom is 0.247 e. The first-order chi connectivity index (χ1) is 12.5. The zero-order valence-corrected chi connectivity index (χ0v) is 14.8. The first kappa shape index (κ1) is 16.6. The second-order valence-corrected chi connectivity index (χ2v) is 6.66. The van der Waals surface area contributed by atoms with E-state index in [2.05, 4.69) is 5.32 Å². The van der Waals surface area contributed by atoms with Crippen LogP contribution < -0.4 is 14.8 Å². The third-order valence-electron chi connectivity index (χ3n) is 5.08. The van der Waals surface area contributed by atoms with Gasteiger partial charge in [0.15, 0.2) is 11.5 Å². The van der Waals surface area contributed by atoms with Crippen molar-refractivity contribution in [1.29, 1.82) is 0 Å². The van der Waals surface area contributed by atoms with Crippen LogP contribution >= 0.6 is 0 Å². The van der Waals surface area contributed by atoms with E-state index in [4.69, 9.17) is 9.47 Å². The minimum absolute atomic E-state index is 0.0537. The van der Waals surface area contributed by atoms with Gasteiger partial charge in [0.25, 0.3) is 0 Å². The molecule has 2 aliphatic heterocycles. The Morgan fingerprint density at radius 3 is 2.77 bits per heavy atom. The zero-order valence-electron chi connectivity index (χ0n) is 14.8. The summed E-state index contributed by atoms with van der Waals surface area (Å²) in [6.07, 6.45) is 1.62. The number of hydrogen-bond donors (Lipinski definition) is 1. The molecule has 0 aliphatic carbocycles. The molecule has 4 rings (SSSR count). The molecule has 2 aromatic carbocycles. The average Bonchev–Trinajstić information content (AvgIpc) is 3.11. The first-order valence-electron chi connectivity index (χ1n) is 8.73. The van der Waals surface area contributed by atoms with Gasteiger partial charge in [-0.15, -0.1) is 0 Å². The summed E-state index contributed by atoms with van der Waals surface area (Å²) in [5, 5.41) is 2.87. The fourth-order valence-corrected chi connectivity index (χ4v) is 3.64. The van der Waals surface area contributed by atoms with Crippen molar-refractivity contribution in [2.75, 3.05) is 13.3 Å². The number of hydrogen-bond acceptors (Lipinski definition) is 3. The van der Waals surface area contributed by atoms with Crippen molar-refractivity contribution < 1.29 is 18.7 Å². The summed E-state index contributed by atoms with van der Waals surface area (Å²) in [4.78, 5) is 12.2. The highest BCUT2D eigenvalue weighted by Gasteiger charge is 2.21. The summed E-state index contributed by atoms with van der Waals surface area (Å²) >= 11 is 0. The van der Waals surface area contributed by atoms with E-state index in [1.165, 1.54) is 12.1 Å². The number of halogens is 1. The lowest BCUT2D eigenvalue weighted by Crippen LogP contribution is -2.31. The van der Waals surface area contributed by atoms with Crippen LogP contribution in [-0.4, -0.2) is 19.2 Å². The van der Waals surface area contributed by atoms with E-state index in [1.54, 1.807) is 0 Å². The van der Waals surface area contributed by atoms with Gasteiger partial charge in [-0.3, -0.25) is 4.79 Å². The van der Waals surface area contributed by atoms with Crippen molar-refractivity contribution in [2.45, 2.75) is 26.7 Å². The van der Waals surface area contributed by atoms with E-state index in [0.29, 0.717) is 24.5 Å². The van der Waals surface area contributed by atoms with Crippen molar-refractivity contribution in [3.63, 3.8) is 0 Å². The van der Waals surface area contributed by atoms with E-state index >= 15 is 0 Å². The van der Waals surface area contributed by atoms with Crippen LogP contribution in [0.25, 0.3) is 16.7 Å². The third-order valence-corrected chi connectivity index (χ3v) is 5.08. The first-order valence-corrected chi connectivity index (χ1v) is 8.73. The summed E-state index contributed by atoms with van der Waals surface area (Å²) < 4.78 is 25.2. The fourth-order valence-electron chi connectivity index (χ4n) is 3.64. The molecule has 1 N–H and O–H groups in total. The maximum atomic E-state index is 14.4. The standard InChI is InChI=1S/C21H20FNO3/c1-12(16-4-3-7-23-21(16)24)17-9-15(22)10-18(13(17)2)14-5-6-19-20(8-14)26-11-25-19/h5-6,8-10H,3-4,7,11H2,1-2H3,(H,23,24)/b16-12+. The Bertz CT molecular complexity index is 933. The fraction of sp³-hybridized carbons (Fsp3) is 0.286. The van der Waals surface area contributed by atoms with Crippen molar-refractivity contribution in [3.05, 3.63) is 52.8 Å². The van der Waals surface area contributed by atoms with Crippen molar-refractivity contribution in [2.24, 2.45) is 0 Å². The molecule has 5 heteroatoms. The SMILES string of the molecule is C/C(=C1/CCCNC1=O)c1cc(F)cc(-c2ccc3c(c2)OCO3)c1C. The minimum atomic E-state index is -0.325. The van der Waals surface area contributed by atoms with Gasteiger partial charge in [0.2, 0.25) is 12.7 Å². The number of carbonyl (C=O) groups is 1. The Hall–Kier alpha value is -2.82. The van der Waals surface area contributed by atoms with Crippen LogP contribution in [0.1, 0.15) is 30.9 Å². The van der Waals surface area contributed by atoms with Crippen molar-refractivity contribution >= 4 is 11.5 Å². The maximum absolute atomic E-state index is 14.4. The topological polar surface area (TPSA) is 47.6 Å². The van der Waals surface area contributed by atoms with Crippen LogP contribution in [0.3, 0.4) is 0 Å². The number of fused-ring (bicyclic) bond motifs is 1. The summed E-state index contributed by atoms with van der Waals surface area (Å²) in [7, 11) is 0. The Morgan fingerprint density at radius 1 is 1.15 bits per heavy atom. The number of piperidine rings is 1. The Balaban J connectivity index is 1.83. The van der Waals surface area contributed by atoms with Crippen LogP contribution in [0, 0.1) is 12.7 Å². The third kappa shape index (κ3) is 2.83. The zero-order chi connectivity index (χ0) is 18.3. The van der Waals surface area contributed by atoms with Gasteiger partial charge in [-0.1, -0.05) is 6.07 Å². The number of benzene rings is 2. The van der Waals surface area contributed by atoms with Gasteiger partial charge >= 0.3 is 0 Å². The predicted octanol–water partition coefficient (Wildman–Crippen LogP) is 4.21. The number of rotatable bonds is 2. The Morgan fingerprint density at radius 2 is 1.96 bits per heavy atom. The Labute approximate surface area is 151 Å². The minimum Gasteiger partial charge on any atom is -0.454 e. The van der Waals surface area contributed by atoms with Gasteiger partial charge in [-0.25, -0.2) is 4.39 Å². The van der Waals surface area contributed by atoms with Gasteiger partial charge in [0.1, 0.15) is 5.82 Å². The molecular weight excluding hydrogens is 333 g/mol. The summed E-state index contributed by atoms with van der Waals surface area (Å²) in [6, 6.07) is 8.63. The van der Waals surface area contributed by atoms with Crippen LogP contribution in [0.5, 0.6) is 11.5 Å². The highest BCUT2D eigenvalue weighted by atomic mass is 19.1. The summed E-state index contributed by atoms with van der Waals surface area (Å²) in [6.45, 7) is 4.75. The molecule has 2 heterocycles. The molecule has 0 atom stereocenters. The lowest BCUT2D eigenvalue weighted by atomic mass is 9.89. The molecule has 0 aromatic heterocycles. The highest BCUT2D eigenvalue weighted by molar-refractivity contribution is 6.02. The molecule has 1 amide bonds. The van der Waals surface area contributed by atoms with Crippen LogP contribution in [0.2, 0.25) is 0 Å². The number of amides is 1. The normalized spacial score (nSPS) is 17.9. The monoisotopic (exact) mass is 353 g/mol. The van der Waals surface area contributed by atoms with Gasteiger partial charge in [-0.2, -0.15) is 0 Å². The second kappa shape index (κ2) is 6.48. The van der Waals surface area contributed by atoms with Gasteiger partial charge < -0.3 is 14.8 Å². The summed E-state index contributed by atoms with van der Waals surface area (Å²) in [5.41, 5.74) is 4.92. The summed E-state index contributed by atoms with van der Waals surface area (Å²) in [5.74, 6) is 0.978. The van der Waals surface area contributed by atoms with Crippen LogP contribution in [0.4, 0.5) is 4.39 Å². The molecule has 26 heavy (non-hydrogen) atoms. The second-order valence-electron chi connectivity index (χ2n) is 6.66. The molecule has 1 saturated heterocycles. The Kier molecular flexibility index (Phi) is 4.15. The van der Waals surface area contributed by atoms with Crippen molar-refractivity contribution in [3.8, 4) is 22.6 Å². The smallest absolute Gasteiger partial charge is 0.247 e. The number of nitrogens with one attached hydrogen (secondary N) is 1. The molecule has 2 aromatic rings. The molecule has 1 fully saturated rings. The quantitative estimate of drug-likeness (QED) is 0.823. The van der Waals surface area contributed by atoms with Gasteiger partial charge in [0.05, 0.1) is 0 Å². The molecule has 0 radical (unpaired) electrons. The number of ether oxygens (including phenoxy) is 2. The molecular formula is C21H20FNO3. The molecule has 0 bridgehead atoms. The highest BCUT2D eigenvalue weighted by Crippen LogP contribution is 2.39. The van der Waals surface area contributed by atoms with Crippen LogP contribution in [-0.2, 0) is 4.79 Å². The predicted molar refractivity (Wildman–Crippen MR) is 97.5 cm³/mol. The van der Waals surface area contributed by atoms with E-state index in [0.717, 1.165) is 39.8 Å². The molecule has 0 unspecified atom stereocenters. The molecule has 0 saturated carbocycles. The van der Waals surface area contributed by atoms with Crippen LogP contribution in [0.15, 0.2) is 35.9 Å². The molecule has 134 valence electrons. The van der Waals surface area contributed by atoms with E-state index in [9.17, 15) is 9.18 Å². The lowest BCUT2D eigenvalue weighted by Gasteiger charge is -2.20. The van der Waals surface area contributed by atoms with Gasteiger partial charge in [-0.05, 0) is 78.8 Å². The number of allylic oxidation sites excluding steroid dienone is 1. The van der Waals surface area contributed by atoms with Crippen molar-refractivity contribution in [1.82, 2.24) is 5.32 Å². The van der Waals surface area contributed by atoms with E-state index in [1.807, 2.05) is 32.0 Å². The lowest BCUT2D eigenvalue weighted by molar-refractivity contribution is -0.118. The van der Waals surface area contributed by atoms with E-state index in [-0.39, 0.29) is 18.5 Å². The van der Waals surface area contributed by atoms with E-state index < -0.39 is 0 Å². The number of carbonyl (C=O) groups excluding carboxylic acids is 1. The van der Waals surface area contributed by atoms with Gasteiger partial charge in [0, 0.05) is 12.1 Å². The molecule has 2 aliphatic rings. The average molecular weight is 353 g/mol.